The van der Waals surface area contributed by atoms with Gasteiger partial charge < -0.3 is 4.90 Å². The summed E-state index contributed by atoms with van der Waals surface area (Å²) in [5.74, 6) is -0.199. The molecule has 0 saturated carbocycles. The maximum Gasteiger partial charge on any atom is 0.279 e. The molecule has 0 bridgehead atoms. The Hall–Kier alpha value is -1.44. The van der Waals surface area contributed by atoms with E-state index < -0.39 is 16.3 Å². The lowest BCUT2D eigenvalue weighted by molar-refractivity contribution is -0.133. The summed E-state index contributed by atoms with van der Waals surface area (Å²) in [4.78, 5) is 14.1. The SMILES string of the molecule is C[C@H](NS(=O)(=O)N(C)C)C(=O)N1CCc2ccccc2C1. The number of carbonyl (C=O) groups excluding carboxylic acids is 1. The molecule has 0 unspecified atom stereocenters. The van der Waals surface area contributed by atoms with Crippen molar-refractivity contribution in [2.24, 2.45) is 0 Å². The first kappa shape index (κ1) is 15.9. The highest BCUT2D eigenvalue weighted by molar-refractivity contribution is 7.87. The van der Waals surface area contributed by atoms with E-state index in [0.717, 1.165) is 16.3 Å². The fourth-order valence-electron chi connectivity index (χ4n) is 2.34. The minimum absolute atomic E-state index is 0.199. The van der Waals surface area contributed by atoms with Crippen molar-refractivity contribution in [3.05, 3.63) is 35.4 Å². The second-order valence-electron chi connectivity index (χ2n) is 5.41. The van der Waals surface area contributed by atoms with Crippen LogP contribution >= 0.6 is 0 Å². The van der Waals surface area contributed by atoms with Crippen molar-refractivity contribution in [2.45, 2.75) is 25.9 Å². The smallest absolute Gasteiger partial charge is 0.279 e. The molecule has 21 heavy (non-hydrogen) atoms. The quantitative estimate of drug-likeness (QED) is 0.872. The standard InChI is InChI=1S/C14H21N3O3S/c1-11(15-21(19,20)16(2)3)14(18)17-9-8-12-6-4-5-7-13(12)10-17/h4-7,11,15H,8-10H2,1-3H3/t11-/m0/s1. The van der Waals surface area contributed by atoms with E-state index in [1.54, 1.807) is 11.8 Å². The maximum absolute atomic E-state index is 12.4. The van der Waals surface area contributed by atoms with Crippen molar-refractivity contribution < 1.29 is 13.2 Å². The number of hydrogen-bond donors (Lipinski definition) is 1. The van der Waals surface area contributed by atoms with Crippen molar-refractivity contribution in [1.29, 1.82) is 0 Å². The first-order chi connectivity index (χ1) is 9.81. The lowest BCUT2D eigenvalue weighted by atomic mass is 9.99. The zero-order chi connectivity index (χ0) is 15.6. The second-order valence-corrected chi connectivity index (χ2v) is 7.32. The van der Waals surface area contributed by atoms with Gasteiger partial charge in [0.1, 0.15) is 0 Å². The minimum Gasteiger partial charge on any atom is -0.337 e. The van der Waals surface area contributed by atoms with Crippen LogP contribution in [0.25, 0.3) is 0 Å². The van der Waals surface area contributed by atoms with E-state index in [0.29, 0.717) is 13.1 Å². The second kappa shape index (κ2) is 6.13. The van der Waals surface area contributed by atoms with Gasteiger partial charge in [-0.05, 0) is 24.5 Å². The number of nitrogens with one attached hydrogen (secondary N) is 1. The average Bonchev–Trinajstić information content (AvgIpc) is 2.45. The summed E-state index contributed by atoms with van der Waals surface area (Å²) >= 11 is 0. The maximum atomic E-state index is 12.4. The molecule has 1 aliphatic heterocycles. The summed E-state index contributed by atoms with van der Waals surface area (Å²) in [7, 11) is -0.751. The topological polar surface area (TPSA) is 69.7 Å². The summed E-state index contributed by atoms with van der Waals surface area (Å²) in [6, 6.07) is 7.23. The van der Waals surface area contributed by atoms with Crippen molar-refractivity contribution in [3.8, 4) is 0 Å². The number of rotatable bonds is 4. The van der Waals surface area contributed by atoms with E-state index in [1.807, 2.05) is 18.2 Å². The lowest BCUT2D eigenvalue weighted by Crippen LogP contribution is -2.50. The van der Waals surface area contributed by atoms with Crippen molar-refractivity contribution in [1.82, 2.24) is 13.9 Å². The van der Waals surface area contributed by atoms with Crippen LogP contribution in [-0.2, 0) is 28.0 Å². The van der Waals surface area contributed by atoms with Crippen LogP contribution in [0, 0.1) is 0 Å². The Morgan fingerprint density at radius 1 is 1.29 bits per heavy atom. The van der Waals surface area contributed by atoms with E-state index in [-0.39, 0.29) is 5.91 Å². The number of carbonyl (C=O) groups is 1. The highest BCUT2D eigenvalue weighted by Gasteiger charge is 2.27. The molecular weight excluding hydrogens is 290 g/mol. The predicted octanol–water partition coefficient (Wildman–Crippen LogP) is 0.356. The van der Waals surface area contributed by atoms with Gasteiger partial charge in [0.2, 0.25) is 5.91 Å². The molecule has 1 N–H and O–H groups in total. The van der Waals surface area contributed by atoms with E-state index >= 15 is 0 Å². The Bertz CT molecular complexity index is 628. The Morgan fingerprint density at radius 2 is 1.90 bits per heavy atom. The normalized spacial score (nSPS) is 16.7. The van der Waals surface area contributed by atoms with Crippen LogP contribution in [0.1, 0.15) is 18.1 Å². The molecule has 0 aromatic heterocycles. The predicted molar refractivity (Wildman–Crippen MR) is 80.8 cm³/mol. The van der Waals surface area contributed by atoms with Crippen LogP contribution in [0.2, 0.25) is 0 Å². The third kappa shape index (κ3) is 3.61. The molecule has 1 atom stereocenters. The molecule has 1 aromatic carbocycles. The van der Waals surface area contributed by atoms with Crippen molar-refractivity contribution in [3.63, 3.8) is 0 Å². The summed E-state index contributed by atoms with van der Waals surface area (Å²) < 4.78 is 27.0. The van der Waals surface area contributed by atoms with Gasteiger partial charge in [-0.15, -0.1) is 0 Å². The average molecular weight is 311 g/mol. The van der Waals surface area contributed by atoms with Crippen LogP contribution in [0.5, 0.6) is 0 Å². The summed E-state index contributed by atoms with van der Waals surface area (Å²) in [6.45, 7) is 2.72. The van der Waals surface area contributed by atoms with Crippen molar-refractivity contribution >= 4 is 16.1 Å². The molecule has 7 heteroatoms. The molecule has 1 heterocycles. The highest BCUT2D eigenvalue weighted by atomic mass is 32.2. The molecule has 116 valence electrons. The molecule has 1 aromatic rings. The number of nitrogens with zero attached hydrogens (tertiary/aromatic N) is 2. The number of fused-ring (bicyclic) bond motifs is 1. The summed E-state index contributed by atoms with van der Waals surface area (Å²) in [5, 5.41) is 0. The fourth-order valence-corrected chi connectivity index (χ4v) is 3.10. The lowest BCUT2D eigenvalue weighted by Gasteiger charge is -2.31. The first-order valence-electron chi connectivity index (χ1n) is 6.86. The molecule has 0 fully saturated rings. The molecule has 6 nitrogen and oxygen atoms in total. The van der Waals surface area contributed by atoms with Gasteiger partial charge in [0.15, 0.2) is 0 Å². The Balaban J connectivity index is 2.05. The van der Waals surface area contributed by atoms with Crippen LogP contribution in [0.3, 0.4) is 0 Å². The molecule has 0 aliphatic carbocycles. The van der Waals surface area contributed by atoms with E-state index in [4.69, 9.17) is 0 Å². The largest absolute Gasteiger partial charge is 0.337 e. The molecule has 2 rings (SSSR count). The van der Waals surface area contributed by atoms with Gasteiger partial charge in [-0.1, -0.05) is 24.3 Å². The summed E-state index contributed by atoms with van der Waals surface area (Å²) in [6.07, 6.45) is 0.801. The highest BCUT2D eigenvalue weighted by Crippen LogP contribution is 2.19. The summed E-state index contributed by atoms with van der Waals surface area (Å²) in [5.41, 5.74) is 2.38. The Morgan fingerprint density at radius 3 is 2.52 bits per heavy atom. The van der Waals surface area contributed by atoms with Gasteiger partial charge >= 0.3 is 0 Å². The molecule has 0 radical (unpaired) electrons. The van der Waals surface area contributed by atoms with E-state index in [9.17, 15) is 13.2 Å². The first-order valence-corrected chi connectivity index (χ1v) is 8.30. The molecule has 0 spiro atoms. The third-order valence-electron chi connectivity index (χ3n) is 3.62. The van der Waals surface area contributed by atoms with Crippen LogP contribution in [0.15, 0.2) is 24.3 Å². The van der Waals surface area contributed by atoms with E-state index in [2.05, 4.69) is 10.8 Å². The van der Waals surface area contributed by atoms with Crippen LogP contribution < -0.4 is 4.72 Å². The zero-order valence-electron chi connectivity index (χ0n) is 12.5. The molecular formula is C14H21N3O3S. The molecule has 1 amide bonds. The van der Waals surface area contributed by atoms with Gasteiger partial charge in [-0.2, -0.15) is 17.4 Å². The van der Waals surface area contributed by atoms with Gasteiger partial charge in [-0.3, -0.25) is 4.79 Å². The fraction of sp³-hybridized carbons (Fsp3) is 0.500. The number of benzene rings is 1. The van der Waals surface area contributed by atoms with Crippen LogP contribution in [0.4, 0.5) is 0 Å². The van der Waals surface area contributed by atoms with Gasteiger partial charge in [-0.25, -0.2) is 0 Å². The monoisotopic (exact) mass is 311 g/mol. The van der Waals surface area contributed by atoms with Crippen molar-refractivity contribution in [2.75, 3.05) is 20.6 Å². The van der Waals surface area contributed by atoms with E-state index in [1.165, 1.54) is 19.7 Å². The number of amides is 1. The molecule has 0 saturated heterocycles. The minimum atomic E-state index is -3.61. The third-order valence-corrected chi connectivity index (χ3v) is 5.23. The van der Waals surface area contributed by atoms with Gasteiger partial charge in [0, 0.05) is 27.2 Å². The Kier molecular flexibility index (Phi) is 4.65. The van der Waals surface area contributed by atoms with Gasteiger partial charge in [0.25, 0.3) is 10.2 Å². The number of hydrogen-bond acceptors (Lipinski definition) is 3. The van der Waals surface area contributed by atoms with Crippen LogP contribution in [-0.4, -0.2) is 50.2 Å². The Labute approximate surface area is 125 Å². The molecule has 1 aliphatic rings. The van der Waals surface area contributed by atoms with Gasteiger partial charge in [0.05, 0.1) is 6.04 Å². The zero-order valence-corrected chi connectivity index (χ0v) is 13.4.